The van der Waals surface area contributed by atoms with Crippen LogP contribution in [0.4, 0.5) is 0 Å². The molecule has 2 aromatic carbocycles. The minimum Gasteiger partial charge on any atom is -0.396 e. The van der Waals surface area contributed by atoms with E-state index in [4.69, 9.17) is 5.11 Å². The molecule has 0 radical (unpaired) electrons. The molecule has 2 N–H and O–H groups in total. The van der Waals surface area contributed by atoms with E-state index in [1.54, 1.807) is 0 Å². The highest BCUT2D eigenvalue weighted by molar-refractivity contribution is 5.98. The molecule has 1 amide bonds. The SMILES string of the molecule is CC(CCO)CNC(=O)c1ccc2ccccc2c1. The van der Waals surface area contributed by atoms with Gasteiger partial charge in [-0.05, 0) is 35.2 Å². The van der Waals surface area contributed by atoms with E-state index >= 15 is 0 Å². The molecular formula is C16H19NO2. The molecule has 3 heteroatoms. The second-order valence-electron chi connectivity index (χ2n) is 4.89. The maximum absolute atomic E-state index is 12.0. The normalized spacial score (nSPS) is 12.3. The van der Waals surface area contributed by atoms with E-state index in [1.165, 1.54) is 0 Å². The van der Waals surface area contributed by atoms with Crippen LogP contribution >= 0.6 is 0 Å². The van der Waals surface area contributed by atoms with Crippen molar-refractivity contribution < 1.29 is 9.90 Å². The van der Waals surface area contributed by atoms with Gasteiger partial charge in [-0.2, -0.15) is 0 Å². The largest absolute Gasteiger partial charge is 0.396 e. The molecule has 1 atom stereocenters. The molecule has 3 nitrogen and oxygen atoms in total. The lowest BCUT2D eigenvalue weighted by atomic mass is 10.1. The van der Waals surface area contributed by atoms with Gasteiger partial charge in [-0.25, -0.2) is 0 Å². The number of hydrogen-bond donors (Lipinski definition) is 2. The molecule has 0 aliphatic rings. The summed E-state index contributed by atoms with van der Waals surface area (Å²) in [6.45, 7) is 2.76. The molecule has 2 aromatic rings. The van der Waals surface area contributed by atoms with Gasteiger partial charge in [-0.1, -0.05) is 37.3 Å². The third-order valence-corrected chi connectivity index (χ3v) is 3.24. The van der Waals surface area contributed by atoms with Gasteiger partial charge in [0.1, 0.15) is 0 Å². The number of carbonyl (C=O) groups excluding carboxylic acids is 1. The number of hydrogen-bond acceptors (Lipinski definition) is 2. The molecular weight excluding hydrogens is 238 g/mol. The number of nitrogens with one attached hydrogen (secondary N) is 1. The molecule has 0 heterocycles. The van der Waals surface area contributed by atoms with Crippen LogP contribution in [0.3, 0.4) is 0 Å². The zero-order valence-electron chi connectivity index (χ0n) is 11.1. The van der Waals surface area contributed by atoms with E-state index in [-0.39, 0.29) is 18.4 Å². The molecule has 0 saturated carbocycles. The van der Waals surface area contributed by atoms with Crippen LogP contribution in [0.25, 0.3) is 10.8 Å². The van der Waals surface area contributed by atoms with Gasteiger partial charge in [-0.15, -0.1) is 0 Å². The fraction of sp³-hybridized carbons (Fsp3) is 0.312. The first-order chi connectivity index (χ1) is 9.20. The average Bonchev–Trinajstić information content (AvgIpc) is 2.44. The Balaban J connectivity index is 2.05. The summed E-state index contributed by atoms with van der Waals surface area (Å²) in [4.78, 5) is 12.0. The fourth-order valence-corrected chi connectivity index (χ4v) is 2.02. The van der Waals surface area contributed by atoms with Crippen molar-refractivity contribution in [2.24, 2.45) is 5.92 Å². The van der Waals surface area contributed by atoms with Gasteiger partial charge in [0.15, 0.2) is 0 Å². The first-order valence-electron chi connectivity index (χ1n) is 6.58. The molecule has 0 aliphatic heterocycles. The molecule has 1 unspecified atom stereocenters. The summed E-state index contributed by atoms with van der Waals surface area (Å²) in [5, 5.41) is 13.9. The number of benzene rings is 2. The van der Waals surface area contributed by atoms with Crippen LogP contribution in [-0.4, -0.2) is 24.2 Å². The predicted octanol–water partition coefficient (Wildman–Crippen LogP) is 2.59. The zero-order valence-corrected chi connectivity index (χ0v) is 11.1. The maximum Gasteiger partial charge on any atom is 0.251 e. The number of rotatable bonds is 5. The second-order valence-corrected chi connectivity index (χ2v) is 4.89. The second kappa shape index (κ2) is 6.34. The Labute approximate surface area is 113 Å². The van der Waals surface area contributed by atoms with E-state index in [2.05, 4.69) is 5.32 Å². The number of aliphatic hydroxyl groups excluding tert-OH is 1. The van der Waals surface area contributed by atoms with Gasteiger partial charge in [0, 0.05) is 18.7 Å². The number of fused-ring (bicyclic) bond motifs is 1. The first-order valence-corrected chi connectivity index (χ1v) is 6.58. The van der Waals surface area contributed by atoms with Crippen LogP contribution in [0.15, 0.2) is 42.5 Å². The summed E-state index contributed by atoms with van der Waals surface area (Å²) in [7, 11) is 0. The third-order valence-electron chi connectivity index (χ3n) is 3.24. The predicted molar refractivity (Wildman–Crippen MR) is 77.1 cm³/mol. The van der Waals surface area contributed by atoms with Crippen molar-refractivity contribution in [1.82, 2.24) is 5.32 Å². The highest BCUT2D eigenvalue weighted by Crippen LogP contribution is 2.15. The van der Waals surface area contributed by atoms with Crippen molar-refractivity contribution in [1.29, 1.82) is 0 Å². The van der Waals surface area contributed by atoms with E-state index in [0.29, 0.717) is 18.5 Å². The van der Waals surface area contributed by atoms with Crippen molar-refractivity contribution in [3.63, 3.8) is 0 Å². The lowest BCUT2D eigenvalue weighted by Gasteiger charge is -2.11. The lowest BCUT2D eigenvalue weighted by molar-refractivity contribution is 0.0945. The number of amides is 1. The number of carbonyl (C=O) groups is 1. The molecule has 0 fully saturated rings. The van der Waals surface area contributed by atoms with Crippen molar-refractivity contribution >= 4 is 16.7 Å². The Kier molecular flexibility index (Phi) is 4.53. The molecule has 0 bridgehead atoms. The Bertz CT molecular complexity index is 565. The molecule has 0 spiro atoms. The van der Waals surface area contributed by atoms with Crippen LogP contribution in [-0.2, 0) is 0 Å². The quantitative estimate of drug-likeness (QED) is 0.865. The van der Waals surface area contributed by atoms with E-state index < -0.39 is 0 Å². The highest BCUT2D eigenvalue weighted by atomic mass is 16.3. The summed E-state index contributed by atoms with van der Waals surface area (Å²) in [6, 6.07) is 13.7. The van der Waals surface area contributed by atoms with Crippen LogP contribution < -0.4 is 5.32 Å². The zero-order chi connectivity index (χ0) is 13.7. The van der Waals surface area contributed by atoms with E-state index in [0.717, 1.165) is 10.8 Å². The van der Waals surface area contributed by atoms with E-state index in [1.807, 2.05) is 49.4 Å². The maximum atomic E-state index is 12.0. The van der Waals surface area contributed by atoms with Crippen molar-refractivity contribution in [3.8, 4) is 0 Å². The van der Waals surface area contributed by atoms with Gasteiger partial charge >= 0.3 is 0 Å². The molecule has 100 valence electrons. The topological polar surface area (TPSA) is 49.3 Å². The fourth-order valence-electron chi connectivity index (χ4n) is 2.02. The van der Waals surface area contributed by atoms with Gasteiger partial charge in [0.2, 0.25) is 0 Å². The van der Waals surface area contributed by atoms with Gasteiger partial charge < -0.3 is 10.4 Å². The summed E-state index contributed by atoms with van der Waals surface area (Å²) >= 11 is 0. The molecule has 19 heavy (non-hydrogen) atoms. The summed E-state index contributed by atoms with van der Waals surface area (Å²) < 4.78 is 0. The minimum atomic E-state index is -0.0597. The summed E-state index contributed by atoms with van der Waals surface area (Å²) in [6.07, 6.45) is 0.706. The Morgan fingerprint density at radius 3 is 2.68 bits per heavy atom. The van der Waals surface area contributed by atoms with Crippen molar-refractivity contribution in [2.45, 2.75) is 13.3 Å². The standard InChI is InChI=1S/C16H19NO2/c1-12(8-9-18)11-17-16(19)15-7-6-13-4-2-3-5-14(13)10-15/h2-7,10,12,18H,8-9,11H2,1H3,(H,17,19). The van der Waals surface area contributed by atoms with Crippen LogP contribution in [0, 0.1) is 5.92 Å². The van der Waals surface area contributed by atoms with Crippen LogP contribution in [0.5, 0.6) is 0 Å². The minimum absolute atomic E-state index is 0.0597. The highest BCUT2D eigenvalue weighted by Gasteiger charge is 2.08. The van der Waals surface area contributed by atoms with Gasteiger partial charge in [-0.3, -0.25) is 4.79 Å². The monoisotopic (exact) mass is 257 g/mol. The molecule has 0 saturated heterocycles. The first kappa shape index (κ1) is 13.6. The molecule has 0 aromatic heterocycles. The Hall–Kier alpha value is -1.87. The van der Waals surface area contributed by atoms with E-state index in [9.17, 15) is 4.79 Å². The van der Waals surface area contributed by atoms with Crippen LogP contribution in [0.2, 0.25) is 0 Å². The average molecular weight is 257 g/mol. The summed E-state index contributed by atoms with van der Waals surface area (Å²) in [5.41, 5.74) is 0.676. The molecule has 2 rings (SSSR count). The van der Waals surface area contributed by atoms with Gasteiger partial charge in [0.05, 0.1) is 0 Å². The molecule has 0 aliphatic carbocycles. The number of aliphatic hydroxyl groups is 1. The van der Waals surface area contributed by atoms with Gasteiger partial charge in [0.25, 0.3) is 5.91 Å². The van der Waals surface area contributed by atoms with Crippen molar-refractivity contribution in [2.75, 3.05) is 13.2 Å². The lowest BCUT2D eigenvalue weighted by Crippen LogP contribution is -2.28. The van der Waals surface area contributed by atoms with Crippen molar-refractivity contribution in [3.05, 3.63) is 48.0 Å². The Morgan fingerprint density at radius 1 is 1.21 bits per heavy atom. The van der Waals surface area contributed by atoms with Crippen LogP contribution in [0.1, 0.15) is 23.7 Å². The third kappa shape index (κ3) is 3.55. The Morgan fingerprint density at radius 2 is 1.95 bits per heavy atom. The summed E-state index contributed by atoms with van der Waals surface area (Å²) in [5.74, 6) is 0.227. The smallest absolute Gasteiger partial charge is 0.251 e.